The number of amides is 4. The number of carbonyl (C=O) groups excluding carboxylic acids is 2. The zero-order valence-corrected chi connectivity index (χ0v) is 24.5. The van der Waals surface area contributed by atoms with Crippen LogP contribution in [0.3, 0.4) is 0 Å². The summed E-state index contributed by atoms with van der Waals surface area (Å²) < 4.78 is 26.8. The number of rotatable bonds is 7. The average molecular weight is 660 g/mol. The van der Waals surface area contributed by atoms with Crippen molar-refractivity contribution in [2.24, 2.45) is 0 Å². The summed E-state index contributed by atoms with van der Waals surface area (Å²) in [7, 11) is 2.57. The molecular weight excluding hydrogens is 644 g/mol. The predicted octanol–water partition coefficient (Wildman–Crippen LogP) is 10.7. The molecule has 206 valence electrons. The monoisotopic (exact) mass is 658 g/mol. The first-order valence-electron chi connectivity index (χ1n) is 11.1. The Morgan fingerprint density at radius 1 is 0.550 bits per heavy atom. The van der Waals surface area contributed by atoms with Gasteiger partial charge in [0.1, 0.15) is 11.6 Å². The fourth-order valence-corrected chi connectivity index (χ4v) is 6.09. The lowest BCUT2D eigenvalue weighted by Gasteiger charge is -2.14. The number of hydrogen-bond donors (Lipinski definition) is 4. The summed E-state index contributed by atoms with van der Waals surface area (Å²) in [6.07, 6.45) is 0. The van der Waals surface area contributed by atoms with Crippen molar-refractivity contribution >= 4 is 103 Å². The smallest absolute Gasteiger partial charge is 0.308 e. The van der Waals surface area contributed by atoms with E-state index in [0.717, 1.165) is 12.1 Å². The van der Waals surface area contributed by atoms with Gasteiger partial charge in [0.25, 0.3) is 0 Å². The summed E-state index contributed by atoms with van der Waals surface area (Å²) in [5.74, 6) is -1.21. The number of carbonyl (C=O) groups is 2. The first-order valence-corrected chi connectivity index (χ1v) is 14.7. The van der Waals surface area contributed by atoms with E-state index in [2.05, 4.69) is 21.3 Å². The third-order valence-corrected chi connectivity index (χ3v) is 8.49. The van der Waals surface area contributed by atoms with Crippen LogP contribution < -0.4 is 21.3 Å². The predicted molar refractivity (Wildman–Crippen MR) is 163 cm³/mol. The minimum Gasteiger partial charge on any atom is -0.308 e. The minimum absolute atomic E-state index is 0.129. The molecule has 0 radical (unpaired) electrons. The van der Waals surface area contributed by atoms with Crippen LogP contribution >= 0.6 is 68.0 Å². The molecule has 0 atom stereocenters. The van der Waals surface area contributed by atoms with E-state index in [-0.39, 0.29) is 10.0 Å². The molecule has 0 spiro atoms. The van der Waals surface area contributed by atoms with Gasteiger partial charge in [0, 0.05) is 31.2 Å². The van der Waals surface area contributed by atoms with Gasteiger partial charge in [0.15, 0.2) is 0 Å². The molecule has 0 heterocycles. The van der Waals surface area contributed by atoms with E-state index in [1.54, 1.807) is 36.4 Å². The highest BCUT2D eigenvalue weighted by Crippen LogP contribution is 2.45. The SMILES string of the molecule is O=C(Nc1ccc(F)c(Cl)c1)Nc1cc(Cl)ccc1SSc1ccc(Cl)cc1NC(=O)Nc1ccc(F)c(Cl)c1. The van der Waals surface area contributed by atoms with Crippen molar-refractivity contribution in [3.8, 4) is 0 Å². The number of anilines is 4. The van der Waals surface area contributed by atoms with Crippen molar-refractivity contribution in [1.82, 2.24) is 0 Å². The molecule has 4 rings (SSSR count). The second-order valence-electron chi connectivity index (χ2n) is 7.86. The Labute approximate surface area is 255 Å². The van der Waals surface area contributed by atoms with Crippen LogP contribution in [0.5, 0.6) is 0 Å². The fraction of sp³-hybridized carbons (Fsp3) is 0. The van der Waals surface area contributed by atoms with Crippen LogP contribution in [0.2, 0.25) is 20.1 Å². The van der Waals surface area contributed by atoms with Gasteiger partial charge in [-0.1, -0.05) is 68.0 Å². The fourth-order valence-electron chi connectivity index (χ4n) is 3.15. The Hall–Kier alpha value is -2.86. The molecule has 4 aromatic carbocycles. The highest BCUT2D eigenvalue weighted by atomic mass is 35.5. The molecule has 0 saturated carbocycles. The highest BCUT2D eigenvalue weighted by Gasteiger charge is 2.14. The summed E-state index contributed by atoms with van der Waals surface area (Å²) in [5, 5.41) is 11.1. The molecule has 0 bridgehead atoms. The van der Waals surface area contributed by atoms with Crippen molar-refractivity contribution in [3.63, 3.8) is 0 Å². The molecule has 6 nitrogen and oxygen atoms in total. The molecule has 0 aliphatic rings. The molecule has 4 amide bonds. The largest absolute Gasteiger partial charge is 0.323 e. The molecule has 0 aliphatic carbocycles. The molecule has 0 saturated heterocycles. The molecule has 0 fully saturated rings. The summed E-state index contributed by atoms with van der Waals surface area (Å²) in [6.45, 7) is 0. The van der Waals surface area contributed by atoms with Gasteiger partial charge in [-0.3, -0.25) is 0 Å². The summed E-state index contributed by atoms with van der Waals surface area (Å²) >= 11 is 23.9. The number of halogens is 6. The zero-order chi connectivity index (χ0) is 28.8. The quantitative estimate of drug-likeness (QED) is 0.149. The van der Waals surface area contributed by atoms with Crippen LogP contribution in [-0.4, -0.2) is 12.1 Å². The average Bonchev–Trinajstić information content (AvgIpc) is 2.89. The van der Waals surface area contributed by atoms with E-state index in [9.17, 15) is 18.4 Å². The first kappa shape index (κ1) is 30.1. The van der Waals surface area contributed by atoms with E-state index >= 15 is 0 Å². The standard InChI is InChI=1S/C26H16Cl4F2N4O2S2/c27-13-1-7-23(21(9-13)35-25(37)33-15-3-5-19(31)17(29)11-15)39-40-24-8-2-14(28)10-22(24)36-26(38)34-16-4-6-20(32)18(30)12-16/h1-12H,(H2,33,35,37)(H2,34,36,38). The molecule has 4 aromatic rings. The van der Waals surface area contributed by atoms with Gasteiger partial charge in [-0.2, -0.15) is 0 Å². The minimum atomic E-state index is -0.605. The van der Waals surface area contributed by atoms with Crippen LogP contribution in [0.25, 0.3) is 0 Å². The Morgan fingerprint density at radius 2 is 0.950 bits per heavy atom. The lowest BCUT2D eigenvalue weighted by molar-refractivity contribution is 0.261. The first-order chi connectivity index (χ1) is 19.1. The van der Waals surface area contributed by atoms with Gasteiger partial charge in [-0.05, 0) is 72.8 Å². The summed E-state index contributed by atoms with van der Waals surface area (Å²) in [4.78, 5) is 26.5. The van der Waals surface area contributed by atoms with Gasteiger partial charge in [-0.25, -0.2) is 18.4 Å². The maximum atomic E-state index is 13.4. The third kappa shape index (κ3) is 8.33. The van der Waals surface area contributed by atoms with Crippen molar-refractivity contribution in [2.45, 2.75) is 9.79 Å². The lowest BCUT2D eigenvalue weighted by atomic mass is 10.3. The molecule has 4 N–H and O–H groups in total. The number of nitrogens with one attached hydrogen (secondary N) is 4. The number of benzene rings is 4. The van der Waals surface area contributed by atoms with E-state index in [1.807, 2.05) is 0 Å². The van der Waals surface area contributed by atoms with Crippen molar-refractivity contribution in [2.75, 3.05) is 21.3 Å². The van der Waals surface area contributed by atoms with Crippen LogP contribution in [0, 0.1) is 11.6 Å². The Morgan fingerprint density at radius 3 is 1.32 bits per heavy atom. The second-order valence-corrected chi connectivity index (χ2v) is 11.8. The third-order valence-electron chi connectivity index (χ3n) is 4.96. The van der Waals surface area contributed by atoms with Gasteiger partial charge < -0.3 is 21.3 Å². The van der Waals surface area contributed by atoms with Gasteiger partial charge in [-0.15, -0.1) is 0 Å². The zero-order valence-electron chi connectivity index (χ0n) is 19.8. The van der Waals surface area contributed by atoms with Crippen LogP contribution in [0.15, 0.2) is 82.6 Å². The maximum absolute atomic E-state index is 13.4. The van der Waals surface area contributed by atoms with E-state index in [0.29, 0.717) is 42.6 Å². The summed E-state index contributed by atoms with van der Waals surface area (Å²) in [6, 6.07) is 16.3. The molecule has 0 aromatic heterocycles. The topological polar surface area (TPSA) is 82.3 Å². The molecule has 40 heavy (non-hydrogen) atoms. The highest BCUT2D eigenvalue weighted by molar-refractivity contribution is 8.76. The maximum Gasteiger partial charge on any atom is 0.323 e. The lowest BCUT2D eigenvalue weighted by Crippen LogP contribution is -2.20. The second kappa shape index (κ2) is 13.7. The number of hydrogen-bond acceptors (Lipinski definition) is 4. The van der Waals surface area contributed by atoms with Gasteiger partial charge >= 0.3 is 12.1 Å². The molecule has 14 heteroatoms. The molecule has 0 aliphatic heterocycles. The van der Waals surface area contributed by atoms with E-state index in [1.165, 1.54) is 45.9 Å². The van der Waals surface area contributed by atoms with E-state index < -0.39 is 23.7 Å². The van der Waals surface area contributed by atoms with Crippen molar-refractivity contribution < 1.29 is 18.4 Å². The van der Waals surface area contributed by atoms with E-state index in [4.69, 9.17) is 46.4 Å². The van der Waals surface area contributed by atoms with Crippen LogP contribution in [-0.2, 0) is 0 Å². The number of urea groups is 2. The van der Waals surface area contributed by atoms with Gasteiger partial charge in [0.2, 0.25) is 0 Å². The Bertz CT molecular complexity index is 1480. The van der Waals surface area contributed by atoms with Crippen LogP contribution in [0.1, 0.15) is 0 Å². The molecule has 0 unspecified atom stereocenters. The summed E-state index contributed by atoms with van der Waals surface area (Å²) in [5.41, 5.74) is 1.41. The van der Waals surface area contributed by atoms with Crippen LogP contribution in [0.4, 0.5) is 41.1 Å². The Kier molecular flexibility index (Phi) is 10.3. The van der Waals surface area contributed by atoms with Crippen molar-refractivity contribution in [1.29, 1.82) is 0 Å². The normalized spacial score (nSPS) is 10.7. The van der Waals surface area contributed by atoms with Crippen molar-refractivity contribution in [3.05, 3.63) is 105 Å². The van der Waals surface area contributed by atoms with Gasteiger partial charge in [0.05, 0.1) is 21.4 Å². The Balaban J connectivity index is 1.45. The molecular formula is C26H16Cl4F2N4O2S2.